The van der Waals surface area contributed by atoms with Gasteiger partial charge in [0.25, 0.3) is 0 Å². The molecule has 2 aromatic heterocycles. The molecular formula is C26H22ClF3N4O4S. The van der Waals surface area contributed by atoms with Gasteiger partial charge in [-0.2, -0.15) is 23.5 Å². The van der Waals surface area contributed by atoms with Crippen LogP contribution >= 0.6 is 11.6 Å². The first-order valence-corrected chi connectivity index (χ1v) is 14.0. The third kappa shape index (κ3) is 5.74. The summed E-state index contributed by atoms with van der Waals surface area (Å²) in [5.74, 6) is -1.71. The Hall–Kier alpha value is -3.56. The fourth-order valence-electron chi connectivity index (χ4n) is 4.79. The van der Waals surface area contributed by atoms with Crippen molar-refractivity contribution in [2.45, 2.75) is 39.3 Å². The summed E-state index contributed by atoms with van der Waals surface area (Å²) in [6, 6.07) is 8.20. The van der Waals surface area contributed by atoms with Gasteiger partial charge in [0.05, 0.1) is 28.2 Å². The number of hydrogen-bond donors (Lipinski definition) is 0. The maximum Gasteiger partial charge on any atom is 0.435 e. The molecule has 1 aliphatic rings. The highest BCUT2D eigenvalue weighted by atomic mass is 35.5. The second kappa shape index (κ2) is 10.2. The lowest BCUT2D eigenvalue weighted by Gasteiger charge is -2.40. The van der Waals surface area contributed by atoms with Crippen LogP contribution in [-0.4, -0.2) is 46.3 Å². The molecule has 13 heteroatoms. The first-order chi connectivity index (χ1) is 18.2. The summed E-state index contributed by atoms with van der Waals surface area (Å²) in [6.07, 6.45) is -3.73. The van der Waals surface area contributed by atoms with Crippen LogP contribution in [-0.2, 0) is 22.4 Å². The number of alkyl halides is 3. The largest absolute Gasteiger partial charge is 0.435 e. The average Bonchev–Trinajstić information content (AvgIpc) is 3.30. The molecule has 1 aromatic carbocycles. The van der Waals surface area contributed by atoms with E-state index in [0.29, 0.717) is 18.1 Å². The molecule has 1 fully saturated rings. The van der Waals surface area contributed by atoms with Crippen molar-refractivity contribution in [2.24, 2.45) is 5.41 Å². The summed E-state index contributed by atoms with van der Waals surface area (Å²) in [4.78, 5) is 30.9. The third-order valence-corrected chi connectivity index (χ3v) is 9.20. The van der Waals surface area contributed by atoms with Gasteiger partial charge in [-0.15, -0.1) is 0 Å². The number of hydrogen-bond acceptors (Lipinski definition) is 7. The summed E-state index contributed by atoms with van der Waals surface area (Å²) in [5.41, 5.74) is -1.67. The molecule has 0 unspecified atom stereocenters. The molecule has 4 rings (SSSR count). The predicted molar refractivity (Wildman–Crippen MR) is 136 cm³/mol. The molecule has 0 aliphatic carbocycles. The Kier molecular flexibility index (Phi) is 7.44. The molecule has 3 heterocycles. The molecule has 0 amide bonds. The summed E-state index contributed by atoms with van der Waals surface area (Å²) < 4.78 is 65.0. The minimum Gasteiger partial charge on any atom is -0.294 e. The van der Waals surface area contributed by atoms with Gasteiger partial charge >= 0.3 is 6.18 Å². The number of rotatable bonds is 8. The van der Waals surface area contributed by atoms with E-state index in [1.165, 1.54) is 30.5 Å². The predicted octanol–water partition coefficient (Wildman–Crippen LogP) is 4.94. The van der Waals surface area contributed by atoms with E-state index in [1.54, 1.807) is 13.8 Å². The van der Waals surface area contributed by atoms with Gasteiger partial charge in [-0.25, -0.2) is 18.1 Å². The quantitative estimate of drug-likeness (QED) is 0.347. The number of pyridine rings is 1. The monoisotopic (exact) mass is 578 g/mol. The smallest absolute Gasteiger partial charge is 0.294 e. The molecular weight excluding hydrogens is 557 g/mol. The van der Waals surface area contributed by atoms with Crippen molar-refractivity contribution in [1.29, 1.82) is 5.26 Å². The summed E-state index contributed by atoms with van der Waals surface area (Å²) >= 11 is 6.13. The molecule has 1 aliphatic heterocycles. The van der Waals surface area contributed by atoms with Crippen molar-refractivity contribution in [3.8, 4) is 11.9 Å². The summed E-state index contributed by atoms with van der Waals surface area (Å²) in [6.45, 7) is 3.36. The van der Waals surface area contributed by atoms with Crippen LogP contribution in [0.1, 0.15) is 63.0 Å². The number of carbonyl (C=O) groups excluding carboxylic acids is 2. The van der Waals surface area contributed by atoms with Crippen LogP contribution in [0, 0.1) is 23.7 Å². The van der Waals surface area contributed by atoms with E-state index < -0.39 is 50.8 Å². The second-order valence-corrected chi connectivity index (χ2v) is 12.1. The maximum atomic E-state index is 13.5. The van der Waals surface area contributed by atoms with Crippen LogP contribution in [0.4, 0.5) is 13.2 Å². The maximum absolute atomic E-state index is 13.5. The highest BCUT2D eigenvalue weighted by molar-refractivity contribution is 7.92. The number of ketones is 2. The van der Waals surface area contributed by atoms with Crippen LogP contribution < -0.4 is 0 Å². The van der Waals surface area contributed by atoms with E-state index in [1.807, 2.05) is 6.07 Å². The number of carbonyl (C=O) groups is 2. The lowest BCUT2D eigenvalue weighted by Crippen LogP contribution is -2.49. The van der Waals surface area contributed by atoms with Crippen LogP contribution in [0.3, 0.4) is 0 Å². The van der Waals surface area contributed by atoms with Gasteiger partial charge in [0, 0.05) is 36.1 Å². The van der Waals surface area contributed by atoms with Gasteiger partial charge in [0.1, 0.15) is 5.69 Å². The van der Waals surface area contributed by atoms with E-state index in [9.17, 15) is 36.4 Å². The van der Waals surface area contributed by atoms with Crippen LogP contribution in [0.5, 0.6) is 0 Å². The van der Waals surface area contributed by atoms with Crippen molar-refractivity contribution < 1.29 is 31.2 Å². The van der Waals surface area contributed by atoms with Crippen molar-refractivity contribution >= 4 is 33.0 Å². The highest BCUT2D eigenvalue weighted by Gasteiger charge is 2.48. The van der Waals surface area contributed by atoms with Crippen molar-refractivity contribution in [3.63, 3.8) is 0 Å². The van der Waals surface area contributed by atoms with Crippen molar-refractivity contribution in [3.05, 3.63) is 75.2 Å². The number of aromatic nitrogens is 3. The minimum atomic E-state index is -4.86. The lowest BCUT2D eigenvalue weighted by atomic mass is 9.80. The van der Waals surface area contributed by atoms with Gasteiger partial charge in [0.2, 0.25) is 0 Å². The molecule has 3 aromatic rings. The molecule has 204 valence electrons. The molecule has 8 nitrogen and oxygen atoms in total. The first-order valence-electron chi connectivity index (χ1n) is 11.8. The molecule has 0 N–H and O–H groups in total. The molecule has 0 radical (unpaired) electrons. The van der Waals surface area contributed by atoms with Gasteiger partial charge < -0.3 is 0 Å². The van der Waals surface area contributed by atoms with Gasteiger partial charge in [-0.05, 0) is 48.7 Å². The zero-order valence-electron chi connectivity index (χ0n) is 20.8. The zero-order chi connectivity index (χ0) is 28.8. The minimum absolute atomic E-state index is 0.0332. The topological polar surface area (TPSA) is 123 Å². The number of benzene rings is 1. The van der Waals surface area contributed by atoms with Gasteiger partial charge in [-0.1, -0.05) is 18.5 Å². The molecule has 0 spiro atoms. The summed E-state index contributed by atoms with van der Waals surface area (Å²) in [7, 11) is -3.24. The number of sulfone groups is 1. The summed E-state index contributed by atoms with van der Waals surface area (Å²) in [5, 5.41) is 12.9. The number of aryl methyl sites for hydroxylation is 1. The standard InChI is InChI=1S/C26H22ClF3N4O4S/c1-3-25(13-39(37,38)14-25)11-22(36)18-8-16(12-31)7-15(2)17(18)9-21(35)20-10-23(26(28,29)30)33-34(20)24-19(27)5-4-6-32-24/h4-8,10H,3,9,11,13-14H2,1-2H3. The fourth-order valence-corrected chi connectivity index (χ4v) is 7.38. The SMILES string of the molecule is CCC1(CC(=O)c2cc(C#N)cc(C)c2CC(=O)c2cc(C(F)(F)F)nn2-c2ncccc2Cl)CS(=O)(=O)C1. The highest BCUT2D eigenvalue weighted by Crippen LogP contribution is 2.41. The van der Waals surface area contributed by atoms with E-state index in [4.69, 9.17) is 11.6 Å². The Morgan fingerprint density at radius 2 is 1.90 bits per heavy atom. The Morgan fingerprint density at radius 1 is 1.21 bits per heavy atom. The molecule has 0 bridgehead atoms. The van der Waals surface area contributed by atoms with Crippen molar-refractivity contribution in [1.82, 2.24) is 14.8 Å². The fraction of sp³-hybridized carbons (Fsp3) is 0.346. The van der Waals surface area contributed by atoms with E-state index in [-0.39, 0.29) is 45.5 Å². The Labute approximate surface area is 227 Å². The Bertz CT molecular complexity index is 1630. The Balaban J connectivity index is 1.76. The molecule has 1 saturated heterocycles. The van der Waals surface area contributed by atoms with E-state index >= 15 is 0 Å². The zero-order valence-corrected chi connectivity index (χ0v) is 22.4. The molecule has 0 saturated carbocycles. The molecule has 0 atom stereocenters. The van der Waals surface area contributed by atoms with Crippen LogP contribution in [0.15, 0.2) is 36.5 Å². The lowest BCUT2D eigenvalue weighted by molar-refractivity contribution is -0.141. The van der Waals surface area contributed by atoms with Crippen LogP contribution in [0.2, 0.25) is 5.02 Å². The Morgan fingerprint density at radius 3 is 2.46 bits per heavy atom. The van der Waals surface area contributed by atoms with Gasteiger partial charge in [0.15, 0.2) is 32.9 Å². The van der Waals surface area contributed by atoms with Crippen LogP contribution in [0.25, 0.3) is 5.82 Å². The van der Waals surface area contributed by atoms with Crippen molar-refractivity contribution in [2.75, 3.05) is 11.5 Å². The van der Waals surface area contributed by atoms with E-state index in [0.717, 1.165) is 4.68 Å². The number of Topliss-reactive ketones (excluding diaryl/α,β-unsaturated/α-hetero) is 2. The average molecular weight is 579 g/mol. The number of nitrogens with zero attached hydrogens (tertiary/aromatic N) is 4. The van der Waals surface area contributed by atoms with Gasteiger partial charge in [-0.3, -0.25) is 9.59 Å². The second-order valence-electron chi connectivity index (χ2n) is 9.65. The number of halogens is 4. The molecule has 39 heavy (non-hydrogen) atoms. The number of nitriles is 1. The normalized spacial score (nSPS) is 15.8. The first kappa shape index (κ1) is 28.4. The third-order valence-electron chi connectivity index (χ3n) is 6.80. The van der Waals surface area contributed by atoms with E-state index in [2.05, 4.69) is 10.1 Å².